The topological polar surface area (TPSA) is 101 Å². The number of carbonyl (C=O) groups is 3. The second-order valence-electron chi connectivity index (χ2n) is 10.1. The number of rotatable bonds is 7. The fourth-order valence-corrected chi connectivity index (χ4v) is 5.48. The second kappa shape index (κ2) is 11.9. The molecule has 0 unspecified atom stereocenters. The lowest BCUT2D eigenvalue weighted by Crippen LogP contribution is -2.45. The van der Waals surface area contributed by atoms with Crippen LogP contribution in [0, 0.1) is 0 Å². The average Bonchev–Trinajstić information content (AvgIpc) is 3.87. The Hall–Kier alpha value is -4.60. The predicted octanol–water partition coefficient (Wildman–Crippen LogP) is 6.85. The van der Waals surface area contributed by atoms with Gasteiger partial charge in [-0.2, -0.15) is 0 Å². The maximum absolute atomic E-state index is 13.9. The Labute approximate surface area is 257 Å². The predicted molar refractivity (Wildman–Crippen MR) is 165 cm³/mol. The lowest BCUT2D eigenvalue weighted by atomic mass is 10.1. The minimum absolute atomic E-state index is 0.0927. The van der Waals surface area contributed by atoms with E-state index in [4.69, 9.17) is 32.7 Å². The van der Waals surface area contributed by atoms with E-state index < -0.39 is 11.9 Å². The van der Waals surface area contributed by atoms with E-state index in [1.807, 2.05) is 24.3 Å². The first kappa shape index (κ1) is 28.5. The van der Waals surface area contributed by atoms with Crippen molar-refractivity contribution >= 4 is 58.0 Å². The molecular weight excluding hydrogens is 591 g/mol. The molecule has 4 aromatic rings. The zero-order valence-corrected chi connectivity index (χ0v) is 24.6. The lowest BCUT2D eigenvalue weighted by Gasteiger charge is -2.38. The standard InChI is InChI=1S/C32H26Cl2N4O5/c1-42-32(41)19-6-8-20(9-7-19)36-30(39)22-16-25(34)29(17-24(22)33)43-28-12-13-35-18-23(28)31(40)38-15-14-37(21-10-11-21)26-4-2-3-5-27(26)38/h2-9,12-13,16-18,21H,10-11,14-15H2,1H3,(H,36,39). The normalized spacial score (nSPS) is 14.1. The summed E-state index contributed by atoms with van der Waals surface area (Å²) in [5.41, 5.74) is 3.07. The Balaban J connectivity index is 1.21. The first-order chi connectivity index (χ1) is 20.8. The number of pyridine rings is 1. The van der Waals surface area contributed by atoms with E-state index in [2.05, 4.69) is 15.2 Å². The molecule has 1 saturated carbocycles. The number of ether oxygens (including phenoxy) is 2. The molecular formula is C32H26Cl2N4O5. The molecule has 1 N–H and O–H groups in total. The molecule has 1 aliphatic heterocycles. The van der Waals surface area contributed by atoms with Gasteiger partial charge in [0.15, 0.2) is 0 Å². The number of nitrogens with zero attached hydrogens (tertiary/aromatic N) is 3. The Morgan fingerprint density at radius 1 is 0.884 bits per heavy atom. The Bertz CT molecular complexity index is 1730. The summed E-state index contributed by atoms with van der Waals surface area (Å²) < 4.78 is 10.8. The summed E-state index contributed by atoms with van der Waals surface area (Å²) in [6.45, 7) is 1.27. The Kier molecular flexibility index (Phi) is 7.92. The third-order valence-electron chi connectivity index (χ3n) is 7.34. The van der Waals surface area contributed by atoms with E-state index in [1.165, 1.54) is 43.8 Å². The molecule has 0 atom stereocenters. The van der Waals surface area contributed by atoms with Crippen molar-refractivity contribution in [2.75, 3.05) is 35.3 Å². The van der Waals surface area contributed by atoms with Crippen LogP contribution in [-0.2, 0) is 4.74 Å². The van der Waals surface area contributed by atoms with Crippen LogP contribution in [0.4, 0.5) is 17.1 Å². The molecule has 11 heteroatoms. The summed E-state index contributed by atoms with van der Waals surface area (Å²) in [7, 11) is 1.29. The zero-order chi connectivity index (χ0) is 30.1. The van der Waals surface area contributed by atoms with Gasteiger partial charge in [0.1, 0.15) is 17.1 Å². The Morgan fingerprint density at radius 2 is 1.63 bits per heavy atom. The number of aromatic nitrogens is 1. The van der Waals surface area contributed by atoms with Crippen LogP contribution in [0.3, 0.4) is 0 Å². The molecule has 218 valence electrons. The highest BCUT2D eigenvalue weighted by molar-refractivity contribution is 6.37. The molecule has 0 radical (unpaired) electrons. The molecule has 0 bridgehead atoms. The highest BCUT2D eigenvalue weighted by Gasteiger charge is 2.36. The minimum Gasteiger partial charge on any atom is -0.465 e. The number of nitrogens with one attached hydrogen (secondary N) is 1. The number of fused-ring (bicyclic) bond motifs is 1. The molecule has 0 spiro atoms. The second-order valence-corrected chi connectivity index (χ2v) is 10.9. The van der Waals surface area contributed by atoms with E-state index in [9.17, 15) is 14.4 Å². The first-order valence-electron chi connectivity index (χ1n) is 13.6. The van der Waals surface area contributed by atoms with Crippen molar-refractivity contribution in [2.24, 2.45) is 0 Å². The summed E-state index contributed by atoms with van der Waals surface area (Å²) in [6, 6.07) is 19.1. The van der Waals surface area contributed by atoms with Gasteiger partial charge in [0, 0.05) is 43.3 Å². The van der Waals surface area contributed by atoms with E-state index in [1.54, 1.807) is 23.1 Å². The molecule has 1 aliphatic carbocycles. The molecule has 9 nitrogen and oxygen atoms in total. The van der Waals surface area contributed by atoms with Crippen molar-refractivity contribution in [3.8, 4) is 11.5 Å². The van der Waals surface area contributed by atoms with Crippen LogP contribution in [0.5, 0.6) is 11.5 Å². The SMILES string of the molecule is COC(=O)c1ccc(NC(=O)c2cc(Cl)c(Oc3ccncc3C(=O)N3CCN(C4CC4)c4ccccc43)cc2Cl)cc1. The van der Waals surface area contributed by atoms with Gasteiger partial charge in [0.05, 0.1) is 39.7 Å². The maximum Gasteiger partial charge on any atom is 0.337 e. The van der Waals surface area contributed by atoms with E-state index in [-0.39, 0.29) is 38.6 Å². The van der Waals surface area contributed by atoms with Gasteiger partial charge in [0.25, 0.3) is 11.8 Å². The number of amides is 2. The number of esters is 1. The zero-order valence-electron chi connectivity index (χ0n) is 23.1. The number of carbonyl (C=O) groups excluding carboxylic acids is 3. The quantitative estimate of drug-likeness (QED) is 0.227. The van der Waals surface area contributed by atoms with Crippen LogP contribution < -0.4 is 19.9 Å². The summed E-state index contributed by atoms with van der Waals surface area (Å²) in [5, 5.41) is 2.94. The third kappa shape index (κ3) is 5.86. The number of para-hydroxylation sites is 2. The summed E-state index contributed by atoms with van der Waals surface area (Å²) in [5.74, 6) is -0.813. The smallest absolute Gasteiger partial charge is 0.337 e. The van der Waals surface area contributed by atoms with Crippen molar-refractivity contribution in [1.82, 2.24) is 4.98 Å². The molecule has 0 saturated heterocycles. The summed E-state index contributed by atoms with van der Waals surface area (Å²) >= 11 is 13.0. The molecule has 6 rings (SSSR count). The van der Waals surface area contributed by atoms with Crippen molar-refractivity contribution in [3.63, 3.8) is 0 Å². The number of hydrogen-bond acceptors (Lipinski definition) is 7. The van der Waals surface area contributed by atoms with Gasteiger partial charge < -0.3 is 24.6 Å². The number of methoxy groups -OCH3 is 1. The number of halogens is 2. The molecule has 3 aromatic carbocycles. The molecule has 2 aliphatic rings. The van der Waals surface area contributed by atoms with Crippen molar-refractivity contribution < 1.29 is 23.9 Å². The summed E-state index contributed by atoms with van der Waals surface area (Å²) in [4.78, 5) is 46.8. The molecule has 43 heavy (non-hydrogen) atoms. The van der Waals surface area contributed by atoms with Gasteiger partial charge >= 0.3 is 5.97 Å². The number of anilines is 3. The third-order valence-corrected chi connectivity index (χ3v) is 7.95. The monoisotopic (exact) mass is 616 g/mol. The fraction of sp³-hybridized carbons (Fsp3) is 0.188. The molecule has 1 aromatic heterocycles. The van der Waals surface area contributed by atoms with Gasteiger partial charge in [-0.3, -0.25) is 14.6 Å². The number of benzene rings is 3. The van der Waals surface area contributed by atoms with Crippen LogP contribution >= 0.6 is 23.2 Å². The molecule has 1 fully saturated rings. The van der Waals surface area contributed by atoms with Crippen molar-refractivity contribution in [1.29, 1.82) is 0 Å². The van der Waals surface area contributed by atoms with Crippen LogP contribution in [0.15, 0.2) is 79.1 Å². The van der Waals surface area contributed by atoms with Gasteiger partial charge in [-0.15, -0.1) is 0 Å². The largest absolute Gasteiger partial charge is 0.465 e. The molecule has 2 amide bonds. The first-order valence-corrected chi connectivity index (χ1v) is 14.4. The van der Waals surface area contributed by atoms with Gasteiger partial charge in [0.2, 0.25) is 0 Å². The van der Waals surface area contributed by atoms with Crippen LogP contribution in [0.25, 0.3) is 0 Å². The van der Waals surface area contributed by atoms with Gasteiger partial charge in [-0.05, 0) is 61.4 Å². The van der Waals surface area contributed by atoms with Crippen LogP contribution in [-0.4, -0.2) is 49.0 Å². The van der Waals surface area contributed by atoms with E-state index in [0.29, 0.717) is 23.8 Å². The van der Waals surface area contributed by atoms with Gasteiger partial charge in [-0.25, -0.2) is 4.79 Å². The lowest BCUT2D eigenvalue weighted by molar-refractivity contribution is 0.0600. The maximum atomic E-state index is 13.9. The Morgan fingerprint density at radius 3 is 2.35 bits per heavy atom. The van der Waals surface area contributed by atoms with E-state index >= 15 is 0 Å². The van der Waals surface area contributed by atoms with Crippen LogP contribution in [0.2, 0.25) is 10.0 Å². The highest BCUT2D eigenvalue weighted by atomic mass is 35.5. The van der Waals surface area contributed by atoms with Crippen molar-refractivity contribution in [2.45, 2.75) is 18.9 Å². The molecule has 2 heterocycles. The summed E-state index contributed by atoms with van der Waals surface area (Å²) in [6.07, 6.45) is 5.32. The van der Waals surface area contributed by atoms with Crippen molar-refractivity contribution in [3.05, 3.63) is 106 Å². The minimum atomic E-state index is -0.506. The average molecular weight is 617 g/mol. The van der Waals surface area contributed by atoms with Crippen LogP contribution in [0.1, 0.15) is 43.9 Å². The van der Waals surface area contributed by atoms with E-state index in [0.717, 1.165) is 30.8 Å². The van der Waals surface area contributed by atoms with Gasteiger partial charge in [-0.1, -0.05) is 35.3 Å². The highest BCUT2D eigenvalue weighted by Crippen LogP contribution is 2.41. The number of hydrogen-bond donors (Lipinski definition) is 1. The fourth-order valence-electron chi connectivity index (χ4n) is 5.04.